The fourth-order valence-electron chi connectivity index (χ4n) is 3.50. The second-order valence-electron chi connectivity index (χ2n) is 7.20. The lowest BCUT2D eigenvalue weighted by Crippen LogP contribution is -2.46. The quantitative estimate of drug-likeness (QED) is 0.705. The number of anilines is 1. The third kappa shape index (κ3) is 5.18. The number of hydrogen-bond donors (Lipinski definition) is 1. The van der Waals surface area contributed by atoms with Crippen molar-refractivity contribution in [1.82, 2.24) is 20.2 Å². The Bertz CT molecular complexity index is 924. The minimum atomic E-state index is -0.0970. The summed E-state index contributed by atoms with van der Waals surface area (Å²) in [4.78, 5) is 25.8. The summed E-state index contributed by atoms with van der Waals surface area (Å²) in [6.45, 7) is 5.20. The summed E-state index contributed by atoms with van der Waals surface area (Å²) >= 11 is 0. The van der Waals surface area contributed by atoms with E-state index in [1.807, 2.05) is 24.3 Å². The summed E-state index contributed by atoms with van der Waals surface area (Å²) in [5.41, 5.74) is 2.95. The topological polar surface area (TPSA) is 61.4 Å². The van der Waals surface area contributed by atoms with E-state index in [2.05, 4.69) is 49.4 Å². The SMILES string of the molecule is O=C(NCc1cccnc1)c1ccnc(N2CCN(Cc3ccccc3)CC2)c1. The van der Waals surface area contributed by atoms with Crippen LogP contribution in [0.2, 0.25) is 0 Å². The van der Waals surface area contributed by atoms with E-state index in [1.54, 1.807) is 24.7 Å². The van der Waals surface area contributed by atoms with Crippen molar-refractivity contribution in [3.05, 3.63) is 89.9 Å². The average Bonchev–Trinajstić information content (AvgIpc) is 2.79. The Morgan fingerprint density at radius 3 is 2.48 bits per heavy atom. The minimum absolute atomic E-state index is 0.0970. The van der Waals surface area contributed by atoms with Crippen molar-refractivity contribution in [3.8, 4) is 0 Å². The van der Waals surface area contributed by atoms with Gasteiger partial charge in [-0.2, -0.15) is 0 Å². The summed E-state index contributed by atoms with van der Waals surface area (Å²) < 4.78 is 0. The smallest absolute Gasteiger partial charge is 0.251 e. The van der Waals surface area contributed by atoms with Crippen LogP contribution in [-0.4, -0.2) is 47.0 Å². The number of nitrogens with zero attached hydrogens (tertiary/aromatic N) is 4. The van der Waals surface area contributed by atoms with Crippen molar-refractivity contribution in [1.29, 1.82) is 0 Å². The minimum Gasteiger partial charge on any atom is -0.354 e. The monoisotopic (exact) mass is 387 g/mol. The van der Waals surface area contributed by atoms with Gasteiger partial charge in [0.05, 0.1) is 0 Å². The number of pyridine rings is 2. The Kier molecular flexibility index (Phi) is 6.12. The molecule has 2 aromatic heterocycles. The summed E-state index contributed by atoms with van der Waals surface area (Å²) in [5.74, 6) is 0.763. The second kappa shape index (κ2) is 9.30. The average molecular weight is 387 g/mol. The third-order valence-electron chi connectivity index (χ3n) is 5.13. The maximum absolute atomic E-state index is 12.5. The molecule has 1 saturated heterocycles. The van der Waals surface area contributed by atoms with Crippen LogP contribution in [0.15, 0.2) is 73.2 Å². The molecule has 1 fully saturated rings. The highest BCUT2D eigenvalue weighted by molar-refractivity contribution is 5.94. The molecule has 0 unspecified atom stereocenters. The van der Waals surface area contributed by atoms with Crippen molar-refractivity contribution in [2.75, 3.05) is 31.1 Å². The summed E-state index contributed by atoms with van der Waals surface area (Å²) in [6, 6.07) is 18.0. The van der Waals surface area contributed by atoms with Gasteiger partial charge in [0, 0.05) is 63.4 Å². The molecule has 1 N–H and O–H groups in total. The van der Waals surface area contributed by atoms with Gasteiger partial charge in [-0.1, -0.05) is 36.4 Å². The van der Waals surface area contributed by atoms with Crippen LogP contribution in [0.4, 0.5) is 5.82 Å². The molecule has 3 aromatic rings. The summed E-state index contributed by atoms with van der Waals surface area (Å²) in [5, 5.41) is 2.95. The van der Waals surface area contributed by atoms with E-state index in [0.29, 0.717) is 12.1 Å². The van der Waals surface area contributed by atoms with Gasteiger partial charge < -0.3 is 10.2 Å². The fourth-order valence-corrected chi connectivity index (χ4v) is 3.50. The molecule has 0 saturated carbocycles. The van der Waals surface area contributed by atoms with Gasteiger partial charge in [-0.15, -0.1) is 0 Å². The molecular formula is C23H25N5O. The van der Waals surface area contributed by atoms with E-state index in [0.717, 1.165) is 44.1 Å². The molecule has 6 nitrogen and oxygen atoms in total. The first-order chi connectivity index (χ1) is 14.3. The molecule has 148 valence electrons. The lowest BCUT2D eigenvalue weighted by molar-refractivity contribution is 0.0951. The summed E-state index contributed by atoms with van der Waals surface area (Å²) in [7, 11) is 0. The molecule has 0 atom stereocenters. The van der Waals surface area contributed by atoms with Crippen molar-refractivity contribution in [2.45, 2.75) is 13.1 Å². The predicted molar refractivity (Wildman–Crippen MR) is 114 cm³/mol. The molecular weight excluding hydrogens is 362 g/mol. The lowest BCUT2D eigenvalue weighted by atomic mass is 10.2. The zero-order chi connectivity index (χ0) is 19.9. The van der Waals surface area contributed by atoms with E-state index in [-0.39, 0.29) is 5.91 Å². The van der Waals surface area contributed by atoms with Crippen LogP contribution in [0.25, 0.3) is 0 Å². The Morgan fingerprint density at radius 2 is 1.72 bits per heavy atom. The van der Waals surface area contributed by atoms with Crippen LogP contribution in [0.1, 0.15) is 21.5 Å². The van der Waals surface area contributed by atoms with Gasteiger partial charge in [0.1, 0.15) is 5.82 Å². The first-order valence-corrected chi connectivity index (χ1v) is 9.92. The van der Waals surface area contributed by atoms with E-state index < -0.39 is 0 Å². The normalized spacial score (nSPS) is 14.6. The van der Waals surface area contributed by atoms with Crippen LogP contribution in [0.3, 0.4) is 0 Å². The largest absolute Gasteiger partial charge is 0.354 e. The zero-order valence-electron chi connectivity index (χ0n) is 16.4. The van der Waals surface area contributed by atoms with Crippen molar-refractivity contribution in [2.24, 2.45) is 0 Å². The molecule has 6 heteroatoms. The highest BCUT2D eigenvalue weighted by atomic mass is 16.1. The van der Waals surface area contributed by atoms with E-state index in [4.69, 9.17) is 0 Å². The molecule has 0 bridgehead atoms. The Balaban J connectivity index is 1.32. The molecule has 1 aliphatic heterocycles. The Labute approximate surface area is 171 Å². The molecule has 0 spiro atoms. The van der Waals surface area contributed by atoms with E-state index in [9.17, 15) is 4.79 Å². The lowest BCUT2D eigenvalue weighted by Gasteiger charge is -2.35. The number of hydrogen-bond acceptors (Lipinski definition) is 5. The molecule has 4 rings (SSSR count). The number of amides is 1. The zero-order valence-corrected chi connectivity index (χ0v) is 16.4. The van der Waals surface area contributed by atoms with Gasteiger partial charge in [0.2, 0.25) is 0 Å². The van der Waals surface area contributed by atoms with Crippen molar-refractivity contribution < 1.29 is 4.79 Å². The highest BCUT2D eigenvalue weighted by Gasteiger charge is 2.19. The summed E-state index contributed by atoms with van der Waals surface area (Å²) in [6.07, 6.45) is 5.19. The molecule has 1 aliphatic rings. The van der Waals surface area contributed by atoms with Crippen molar-refractivity contribution in [3.63, 3.8) is 0 Å². The highest BCUT2D eigenvalue weighted by Crippen LogP contribution is 2.16. The van der Waals surface area contributed by atoms with Gasteiger partial charge >= 0.3 is 0 Å². The van der Waals surface area contributed by atoms with Crippen LogP contribution < -0.4 is 10.2 Å². The van der Waals surface area contributed by atoms with E-state index in [1.165, 1.54) is 5.56 Å². The molecule has 0 radical (unpaired) electrons. The van der Waals surface area contributed by atoms with Crippen LogP contribution in [0.5, 0.6) is 0 Å². The van der Waals surface area contributed by atoms with Crippen LogP contribution >= 0.6 is 0 Å². The van der Waals surface area contributed by atoms with Gasteiger partial charge in [-0.25, -0.2) is 4.98 Å². The Hall–Kier alpha value is -3.25. The maximum Gasteiger partial charge on any atom is 0.251 e. The molecule has 0 aliphatic carbocycles. The van der Waals surface area contributed by atoms with Crippen LogP contribution in [-0.2, 0) is 13.1 Å². The molecule has 1 amide bonds. The fraction of sp³-hybridized carbons (Fsp3) is 0.261. The van der Waals surface area contributed by atoms with Crippen molar-refractivity contribution >= 4 is 11.7 Å². The van der Waals surface area contributed by atoms with Gasteiger partial charge in [-0.05, 0) is 29.3 Å². The van der Waals surface area contributed by atoms with Gasteiger partial charge in [0.15, 0.2) is 0 Å². The third-order valence-corrected chi connectivity index (χ3v) is 5.13. The first kappa shape index (κ1) is 19.1. The van der Waals surface area contributed by atoms with Gasteiger partial charge in [0.25, 0.3) is 5.91 Å². The molecule has 1 aromatic carbocycles. The van der Waals surface area contributed by atoms with Crippen LogP contribution in [0, 0.1) is 0 Å². The van der Waals surface area contributed by atoms with E-state index >= 15 is 0 Å². The number of benzene rings is 1. The maximum atomic E-state index is 12.5. The number of carbonyl (C=O) groups is 1. The number of carbonyl (C=O) groups excluding carboxylic acids is 1. The standard InChI is InChI=1S/C23H25N5O/c29-23(26-17-20-7-4-9-24-16-20)21-8-10-25-22(15-21)28-13-11-27(12-14-28)18-19-5-2-1-3-6-19/h1-10,15-16H,11-14,17-18H2,(H,26,29). The van der Waals surface area contributed by atoms with Gasteiger partial charge in [-0.3, -0.25) is 14.7 Å². The Morgan fingerprint density at radius 1 is 0.931 bits per heavy atom. The molecule has 3 heterocycles. The number of aromatic nitrogens is 2. The first-order valence-electron chi connectivity index (χ1n) is 9.92. The molecule has 29 heavy (non-hydrogen) atoms. The number of rotatable bonds is 6. The number of piperazine rings is 1. The second-order valence-corrected chi connectivity index (χ2v) is 7.20. The predicted octanol–water partition coefficient (Wildman–Crippen LogP) is 2.73. The number of nitrogens with one attached hydrogen (secondary N) is 1.